The predicted molar refractivity (Wildman–Crippen MR) is 74.8 cm³/mol. The van der Waals surface area contributed by atoms with E-state index in [0.29, 0.717) is 6.54 Å². The molecule has 1 aliphatic heterocycles. The summed E-state index contributed by atoms with van der Waals surface area (Å²) in [5, 5.41) is 0. The Morgan fingerprint density at radius 3 is 2.50 bits per heavy atom. The van der Waals surface area contributed by atoms with Crippen LogP contribution in [0.1, 0.15) is 12.5 Å². The van der Waals surface area contributed by atoms with E-state index in [9.17, 15) is 4.79 Å². The van der Waals surface area contributed by atoms with E-state index in [-0.39, 0.29) is 5.91 Å². The number of rotatable bonds is 2. The van der Waals surface area contributed by atoms with E-state index in [2.05, 4.69) is 15.9 Å². The summed E-state index contributed by atoms with van der Waals surface area (Å²) in [5.41, 5.74) is 2.00. The first-order chi connectivity index (χ1) is 8.63. The Kier molecular flexibility index (Phi) is 3.87. The lowest BCUT2D eigenvalue weighted by atomic mass is 10.1. The fourth-order valence-electron chi connectivity index (χ4n) is 1.94. The van der Waals surface area contributed by atoms with Gasteiger partial charge in [-0.05, 0) is 22.0 Å². The summed E-state index contributed by atoms with van der Waals surface area (Å²) in [5.74, 6) is 0.813. The van der Waals surface area contributed by atoms with Gasteiger partial charge in [0.2, 0.25) is 5.91 Å². The molecule has 2 rings (SSSR count). The Labute approximate surface area is 115 Å². The average molecular weight is 308 g/mol. The molecule has 0 atom stereocenters. The highest BCUT2D eigenvalue weighted by molar-refractivity contribution is 9.11. The van der Waals surface area contributed by atoms with Crippen molar-refractivity contribution in [2.24, 2.45) is 0 Å². The molecule has 4 heteroatoms. The molecule has 3 nitrogen and oxygen atoms in total. The summed E-state index contributed by atoms with van der Waals surface area (Å²) in [4.78, 5) is 13.1. The number of nitrogens with zero attached hydrogens (tertiary/aromatic N) is 1. The van der Waals surface area contributed by atoms with Crippen molar-refractivity contribution in [1.82, 2.24) is 4.90 Å². The van der Waals surface area contributed by atoms with Gasteiger partial charge >= 0.3 is 0 Å². The molecule has 0 aliphatic carbocycles. The Balaban J connectivity index is 2.40. The number of carbonyl (C=O) groups excluding carboxylic acids is 1. The van der Waals surface area contributed by atoms with Crippen LogP contribution >= 0.6 is 15.9 Å². The van der Waals surface area contributed by atoms with Crippen LogP contribution in [0.15, 0.2) is 46.6 Å². The minimum Gasteiger partial charge on any atom is -0.496 e. The molecule has 18 heavy (non-hydrogen) atoms. The van der Waals surface area contributed by atoms with Gasteiger partial charge < -0.3 is 9.64 Å². The lowest BCUT2D eigenvalue weighted by molar-refractivity contribution is -0.125. The van der Waals surface area contributed by atoms with Crippen LogP contribution in [-0.4, -0.2) is 24.5 Å². The summed E-state index contributed by atoms with van der Waals surface area (Å²) in [7, 11) is 1.65. The van der Waals surface area contributed by atoms with Gasteiger partial charge in [0.05, 0.1) is 18.3 Å². The molecule has 0 bridgehead atoms. The number of methoxy groups -OCH3 is 1. The first-order valence-corrected chi connectivity index (χ1v) is 6.40. The van der Waals surface area contributed by atoms with Gasteiger partial charge in [-0.2, -0.15) is 0 Å². The van der Waals surface area contributed by atoms with E-state index >= 15 is 0 Å². The minimum atomic E-state index is 0.0108. The lowest BCUT2D eigenvalue weighted by Gasteiger charge is -2.14. The summed E-state index contributed by atoms with van der Waals surface area (Å²) < 4.78 is 6.25. The second-order valence-electron chi connectivity index (χ2n) is 4.00. The molecule has 1 amide bonds. The van der Waals surface area contributed by atoms with Crippen molar-refractivity contribution in [1.29, 1.82) is 0 Å². The highest BCUT2D eigenvalue weighted by Crippen LogP contribution is 2.30. The van der Waals surface area contributed by atoms with E-state index in [1.54, 1.807) is 18.9 Å². The predicted octanol–water partition coefficient (Wildman–Crippen LogP) is 3.14. The molecule has 1 aromatic rings. The molecular weight excluding hydrogens is 294 g/mol. The zero-order valence-electron chi connectivity index (χ0n) is 10.3. The van der Waals surface area contributed by atoms with Crippen molar-refractivity contribution in [2.45, 2.75) is 6.92 Å². The van der Waals surface area contributed by atoms with Gasteiger partial charge in [-0.1, -0.05) is 30.3 Å². The molecule has 1 aliphatic rings. The van der Waals surface area contributed by atoms with Crippen LogP contribution in [-0.2, 0) is 9.53 Å². The molecule has 0 fully saturated rings. The maximum atomic E-state index is 11.4. The molecular formula is C14H14BrNO2. The molecule has 0 aromatic heterocycles. The number of ether oxygens (including phenoxy) is 1. The molecule has 0 radical (unpaired) electrons. The van der Waals surface area contributed by atoms with E-state index < -0.39 is 0 Å². The number of hydrogen-bond donors (Lipinski definition) is 0. The minimum absolute atomic E-state index is 0.0108. The van der Waals surface area contributed by atoms with Crippen LogP contribution in [0.3, 0.4) is 0 Å². The average Bonchev–Trinajstić information content (AvgIpc) is 2.74. The van der Waals surface area contributed by atoms with Gasteiger partial charge in [0, 0.05) is 18.1 Å². The number of halogens is 1. The van der Waals surface area contributed by atoms with Crippen LogP contribution in [0.2, 0.25) is 0 Å². The Morgan fingerprint density at radius 2 is 2.00 bits per heavy atom. The van der Waals surface area contributed by atoms with Crippen LogP contribution in [0.5, 0.6) is 0 Å². The zero-order valence-corrected chi connectivity index (χ0v) is 11.9. The van der Waals surface area contributed by atoms with Gasteiger partial charge in [-0.15, -0.1) is 0 Å². The number of benzene rings is 1. The van der Waals surface area contributed by atoms with E-state index in [0.717, 1.165) is 21.5 Å². The maximum absolute atomic E-state index is 11.4. The lowest BCUT2D eigenvalue weighted by Crippen LogP contribution is -2.23. The van der Waals surface area contributed by atoms with E-state index in [1.807, 2.05) is 36.4 Å². The Hall–Kier alpha value is -1.55. The van der Waals surface area contributed by atoms with E-state index in [4.69, 9.17) is 4.74 Å². The third-order valence-electron chi connectivity index (χ3n) is 2.79. The number of hydrogen-bond acceptors (Lipinski definition) is 2. The summed E-state index contributed by atoms with van der Waals surface area (Å²) in [6, 6.07) is 9.87. The van der Waals surface area contributed by atoms with Crippen LogP contribution in [0, 0.1) is 0 Å². The Bertz CT molecular complexity index is 520. The van der Waals surface area contributed by atoms with Crippen LogP contribution in [0.25, 0.3) is 5.76 Å². The normalized spacial score (nSPS) is 17.5. The third-order valence-corrected chi connectivity index (χ3v) is 3.45. The van der Waals surface area contributed by atoms with Crippen molar-refractivity contribution < 1.29 is 9.53 Å². The molecule has 1 aromatic carbocycles. The molecule has 0 spiro atoms. The van der Waals surface area contributed by atoms with Crippen molar-refractivity contribution >= 4 is 27.6 Å². The topological polar surface area (TPSA) is 29.5 Å². The van der Waals surface area contributed by atoms with Gasteiger partial charge in [0.1, 0.15) is 5.76 Å². The van der Waals surface area contributed by atoms with Crippen molar-refractivity contribution in [2.75, 3.05) is 13.7 Å². The maximum Gasteiger partial charge on any atom is 0.224 e. The third kappa shape index (κ3) is 2.48. The second-order valence-corrected chi connectivity index (χ2v) is 4.81. The fourth-order valence-corrected chi connectivity index (χ4v) is 2.59. The first kappa shape index (κ1) is 12.9. The van der Waals surface area contributed by atoms with Crippen LogP contribution in [0.4, 0.5) is 0 Å². The van der Waals surface area contributed by atoms with Crippen molar-refractivity contribution in [3.8, 4) is 0 Å². The highest BCUT2D eigenvalue weighted by Gasteiger charge is 2.23. The van der Waals surface area contributed by atoms with Gasteiger partial charge in [0.15, 0.2) is 0 Å². The Morgan fingerprint density at radius 1 is 1.33 bits per heavy atom. The standard InChI is InChI=1S/C14H14BrNO2/c1-10(17)16-9-12(8-13(16)15)14(18-2)11-6-4-3-5-7-11/h3-8H,9H2,1-2H3. The monoisotopic (exact) mass is 307 g/mol. The molecule has 0 N–H and O–H groups in total. The largest absolute Gasteiger partial charge is 0.496 e. The van der Waals surface area contributed by atoms with Gasteiger partial charge in [-0.25, -0.2) is 0 Å². The summed E-state index contributed by atoms with van der Waals surface area (Å²) in [6.07, 6.45) is 1.92. The second kappa shape index (κ2) is 5.40. The molecule has 0 unspecified atom stereocenters. The van der Waals surface area contributed by atoms with Crippen LogP contribution < -0.4 is 0 Å². The number of amides is 1. The molecule has 94 valence electrons. The van der Waals surface area contributed by atoms with Gasteiger partial charge in [-0.3, -0.25) is 4.79 Å². The molecule has 1 heterocycles. The number of carbonyl (C=O) groups is 1. The molecule has 0 saturated carbocycles. The molecule has 0 saturated heterocycles. The van der Waals surface area contributed by atoms with E-state index in [1.165, 1.54) is 0 Å². The smallest absolute Gasteiger partial charge is 0.224 e. The summed E-state index contributed by atoms with van der Waals surface area (Å²) in [6.45, 7) is 2.08. The first-order valence-electron chi connectivity index (χ1n) is 5.61. The SMILES string of the molecule is COC(=C1C=C(Br)N(C(C)=O)C1)c1ccccc1. The van der Waals surface area contributed by atoms with Crippen molar-refractivity contribution in [3.05, 3.63) is 52.2 Å². The summed E-state index contributed by atoms with van der Waals surface area (Å²) >= 11 is 3.39. The van der Waals surface area contributed by atoms with Crippen molar-refractivity contribution in [3.63, 3.8) is 0 Å². The quantitative estimate of drug-likeness (QED) is 0.620. The highest BCUT2D eigenvalue weighted by atomic mass is 79.9. The van der Waals surface area contributed by atoms with Gasteiger partial charge in [0.25, 0.3) is 0 Å². The fraction of sp³-hybridized carbons (Fsp3) is 0.214. The zero-order chi connectivity index (χ0) is 13.1.